The van der Waals surface area contributed by atoms with Crippen molar-refractivity contribution >= 4 is 55.5 Å². The number of carboxylic acids is 1. The number of nitrogens with zero attached hydrogens (tertiary/aromatic N) is 1. The van der Waals surface area contributed by atoms with Gasteiger partial charge < -0.3 is 0 Å². The van der Waals surface area contributed by atoms with Crippen LogP contribution in [0.15, 0.2) is 42.0 Å². The average Bonchev–Trinajstić information content (AvgIpc) is 2.94. The van der Waals surface area contributed by atoms with Crippen LogP contribution in [0, 0.1) is 5.92 Å². The predicted molar refractivity (Wildman–Crippen MR) is 116 cm³/mol. The van der Waals surface area contributed by atoms with Crippen molar-refractivity contribution < 1.29 is 17.8 Å². The fraction of sp³-hybridized carbons (Fsp3) is 0.250. The Kier molecular flexibility index (Phi) is 5.54. The standard InChI is InChI=1S/C20H18ClIN2O4/c21-13-1-3-14(4-2-13)28-22-9-7-12-11-18-16(5-6-17(23-18)20(26)27)24-19(25)15(12)8-10-22/h1-6,11,15H,7-10H2,(H,24,25)(H,26,27)/t15-/m0/s1. The first-order valence-corrected chi connectivity index (χ1v) is 13.1. The van der Waals surface area contributed by atoms with Crippen molar-refractivity contribution in [3.8, 4) is 5.75 Å². The second-order valence-corrected chi connectivity index (χ2v) is 11.9. The van der Waals surface area contributed by atoms with Crippen LogP contribution in [0.1, 0.15) is 29.0 Å². The Labute approximate surface area is 174 Å². The molecule has 2 N–H and O–H groups in total. The van der Waals surface area contributed by atoms with Crippen LogP contribution < -0.4 is 8.38 Å². The van der Waals surface area contributed by atoms with Crippen molar-refractivity contribution in [2.24, 2.45) is 5.92 Å². The summed E-state index contributed by atoms with van der Waals surface area (Å²) in [6.45, 7) is 0. The Bertz CT molecular complexity index is 961. The van der Waals surface area contributed by atoms with Crippen molar-refractivity contribution in [3.63, 3.8) is 0 Å². The number of carbonyl (C=O) groups excluding carboxylic acids is 1. The second-order valence-electron chi connectivity index (χ2n) is 6.55. The third-order valence-corrected chi connectivity index (χ3v) is 9.65. The van der Waals surface area contributed by atoms with Gasteiger partial charge in [0.25, 0.3) is 0 Å². The van der Waals surface area contributed by atoms with Gasteiger partial charge in [0.1, 0.15) is 0 Å². The number of pyridine rings is 1. The van der Waals surface area contributed by atoms with Gasteiger partial charge in [-0.2, -0.15) is 0 Å². The van der Waals surface area contributed by atoms with Crippen LogP contribution in [0.25, 0.3) is 6.08 Å². The van der Waals surface area contributed by atoms with Crippen LogP contribution in [0.4, 0.5) is 5.69 Å². The molecular weight excluding hydrogens is 495 g/mol. The normalized spacial score (nSPS) is 20.0. The number of halogens is 2. The number of alkyl halides is 2. The number of rotatable bonds is 3. The molecule has 146 valence electrons. The van der Waals surface area contributed by atoms with Crippen LogP contribution in [-0.2, 0) is 4.79 Å². The zero-order valence-corrected chi connectivity index (χ0v) is 17.7. The van der Waals surface area contributed by atoms with Gasteiger partial charge in [0.2, 0.25) is 0 Å². The molecule has 0 unspecified atom stereocenters. The van der Waals surface area contributed by atoms with Crippen molar-refractivity contribution in [3.05, 3.63) is 58.4 Å². The van der Waals surface area contributed by atoms with Crippen LogP contribution in [0.2, 0.25) is 5.02 Å². The van der Waals surface area contributed by atoms with Crippen molar-refractivity contribution in [2.75, 3.05) is 14.2 Å². The van der Waals surface area contributed by atoms with Gasteiger partial charge in [0.05, 0.1) is 0 Å². The summed E-state index contributed by atoms with van der Waals surface area (Å²) in [5, 5.41) is 12.8. The number of hydrogen-bond donors (Lipinski definition) is 2. The SMILES string of the molecule is O=C(O)c1ccc2c(n1)C=C1CCI(Oc3ccc(Cl)cc3)CC[C@@H]1C(=O)N2. The van der Waals surface area contributed by atoms with E-state index in [1.165, 1.54) is 6.07 Å². The molecule has 2 aromatic rings. The van der Waals surface area contributed by atoms with E-state index in [0.717, 1.165) is 33.0 Å². The van der Waals surface area contributed by atoms with Gasteiger partial charge in [0.15, 0.2) is 0 Å². The summed E-state index contributed by atoms with van der Waals surface area (Å²) < 4.78 is 8.06. The monoisotopic (exact) mass is 512 g/mol. The first-order valence-electron chi connectivity index (χ1n) is 8.81. The molecule has 2 aliphatic rings. The van der Waals surface area contributed by atoms with E-state index in [1.54, 1.807) is 6.07 Å². The molecule has 8 heteroatoms. The van der Waals surface area contributed by atoms with Gasteiger partial charge in [0, 0.05) is 0 Å². The molecule has 0 saturated carbocycles. The number of hydrogen-bond acceptors (Lipinski definition) is 4. The predicted octanol–water partition coefficient (Wildman–Crippen LogP) is 4.68. The van der Waals surface area contributed by atoms with E-state index < -0.39 is 26.2 Å². The van der Waals surface area contributed by atoms with E-state index >= 15 is 0 Å². The van der Waals surface area contributed by atoms with E-state index in [2.05, 4.69) is 10.3 Å². The number of carboxylic acid groups (broad SMARTS) is 1. The molecule has 0 radical (unpaired) electrons. The quantitative estimate of drug-likeness (QED) is 0.461. The van der Waals surface area contributed by atoms with E-state index in [9.17, 15) is 14.7 Å². The fourth-order valence-corrected chi connectivity index (χ4v) is 7.93. The minimum absolute atomic E-state index is 0.0311. The van der Waals surface area contributed by atoms with Gasteiger partial charge in [-0.3, -0.25) is 0 Å². The zero-order valence-electron chi connectivity index (χ0n) is 14.8. The van der Waals surface area contributed by atoms with Crippen molar-refractivity contribution in [1.29, 1.82) is 0 Å². The molecule has 28 heavy (non-hydrogen) atoms. The molecule has 4 rings (SSSR count). The van der Waals surface area contributed by atoms with Crippen LogP contribution in [0.5, 0.6) is 5.75 Å². The molecule has 1 saturated heterocycles. The van der Waals surface area contributed by atoms with E-state index in [1.807, 2.05) is 30.3 Å². The van der Waals surface area contributed by atoms with Gasteiger partial charge in [-0.15, -0.1) is 0 Å². The number of fused-ring (bicyclic) bond motifs is 2. The topological polar surface area (TPSA) is 88.5 Å². The first kappa shape index (κ1) is 19.2. The number of aromatic carboxylic acids is 1. The number of benzene rings is 1. The molecule has 3 heterocycles. The molecule has 1 atom stereocenters. The average molecular weight is 513 g/mol. The number of aromatic nitrogens is 1. The molecule has 1 fully saturated rings. The summed E-state index contributed by atoms with van der Waals surface area (Å²) in [6, 6.07) is 10.4. The van der Waals surface area contributed by atoms with E-state index in [0.29, 0.717) is 16.4 Å². The number of nitrogens with one attached hydrogen (secondary N) is 1. The van der Waals surface area contributed by atoms with Crippen LogP contribution in [-0.4, -0.2) is 30.8 Å². The second kappa shape index (κ2) is 8.08. The molecule has 0 aliphatic carbocycles. The molecule has 2 aliphatic heterocycles. The van der Waals surface area contributed by atoms with Crippen molar-refractivity contribution in [1.82, 2.24) is 4.98 Å². The summed E-state index contributed by atoms with van der Waals surface area (Å²) in [6.07, 6.45) is 3.37. The fourth-order valence-electron chi connectivity index (χ4n) is 3.27. The molecule has 1 aromatic carbocycles. The summed E-state index contributed by atoms with van der Waals surface area (Å²) in [7, 11) is 0. The summed E-state index contributed by atoms with van der Waals surface area (Å²) in [5.74, 6) is -0.537. The van der Waals surface area contributed by atoms with E-state index in [4.69, 9.17) is 14.7 Å². The molecular formula is C20H18ClIN2O4. The summed E-state index contributed by atoms with van der Waals surface area (Å²) >= 11 is 4.21. The van der Waals surface area contributed by atoms with Crippen molar-refractivity contribution in [2.45, 2.75) is 12.8 Å². The third kappa shape index (κ3) is 4.15. The Balaban J connectivity index is 1.57. The van der Waals surface area contributed by atoms with Crippen LogP contribution in [0.3, 0.4) is 0 Å². The molecule has 0 bridgehead atoms. The number of amides is 1. The Morgan fingerprint density at radius 2 is 2.00 bits per heavy atom. The third-order valence-electron chi connectivity index (χ3n) is 4.70. The Hall–Kier alpha value is -2.13. The minimum atomic E-state index is -1.72. The molecule has 1 aromatic heterocycles. The Morgan fingerprint density at radius 1 is 1.21 bits per heavy atom. The van der Waals surface area contributed by atoms with Gasteiger partial charge in [-0.05, 0) is 0 Å². The first-order chi connectivity index (χ1) is 13.5. The summed E-state index contributed by atoms with van der Waals surface area (Å²) in [4.78, 5) is 28.2. The molecule has 0 spiro atoms. The Morgan fingerprint density at radius 3 is 2.75 bits per heavy atom. The molecule has 1 amide bonds. The number of anilines is 1. The maximum atomic E-state index is 12.8. The molecule has 6 nitrogen and oxygen atoms in total. The van der Waals surface area contributed by atoms with Gasteiger partial charge in [-0.1, -0.05) is 0 Å². The summed E-state index contributed by atoms with van der Waals surface area (Å²) in [5.41, 5.74) is 2.04. The van der Waals surface area contributed by atoms with Gasteiger partial charge >= 0.3 is 175 Å². The van der Waals surface area contributed by atoms with E-state index in [-0.39, 0.29) is 17.5 Å². The number of carbonyl (C=O) groups is 2. The zero-order chi connectivity index (χ0) is 19.7. The maximum absolute atomic E-state index is 12.8. The van der Waals surface area contributed by atoms with Gasteiger partial charge in [-0.25, -0.2) is 0 Å². The van der Waals surface area contributed by atoms with Crippen LogP contribution >= 0.6 is 31.8 Å².